The number of ether oxygens (including phenoxy) is 1. The molecule has 1 amide bonds. The molecule has 0 aliphatic carbocycles. The van der Waals surface area contributed by atoms with Gasteiger partial charge in [0, 0.05) is 17.9 Å². The van der Waals surface area contributed by atoms with E-state index in [1.54, 1.807) is 24.3 Å². The molecule has 2 unspecified atom stereocenters. The lowest BCUT2D eigenvalue weighted by Gasteiger charge is -2.14. The number of aliphatic hydroxyl groups excluding tert-OH is 1. The Morgan fingerprint density at radius 1 is 1.47 bits per heavy atom. The van der Waals surface area contributed by atoms with Crippen LogP contribution in [0.2, 0.25) is 0 Å². The van der Waals surface area contributed by atoms with Crippen LogP contribution in [-0.4, -0.2) is 30.3 Å². The van der Waals surface area contributed by atoms with Gasteiger partial charge in [0.1, 0.15) is 12.7 Å². The first-order chi connectivity index (χ1) is 9.20. The maximum absolute atomic E-state index is 12.0. The second-order valence-electron chi connectivity index (χ2n) is 4.58. The van der Waals surface area contributed by atoms with Crippen molar-refractivity contribution in [3.05, 3.63) is 29.8 Å². The molecule has 19 heavy (non-hydrogen) atoms. The molecule has 2 N–H and O–H groups in total. The molecular weight excluding hydrogens is 242 g/mol. The first kappa shape index (κ1) is 13.6. The number of carbonyl (C=O) groups is 1. The molecule has 0 radical (unpaired) electrons. The van der Waals surface area contributed by atoms with E-state index in [1.165, 1.54) is 0 Å². The van der Waals surface area contributed by atoms with Crippen molar-refractivity contribution in [2.75, 3.05) is 18.5 Å². The average Bonchev–Trinajstić information content (AvgIpc) is 2.84. The summed E-state index contributed by atoms with van der Waals surface area (Å²) in [6, 6.07) is 7.19. The van der Waals surface area contributed by atoms with E-state index in [-0.39, 0.29) is 24.5 Å². The molecule has 1 aromatic carbocycles. The Morgan fingerprint density at radius 3 is 2.79 bits per heavy atom. The largest absolute Gasteiger partial charge is 0.384 e. The van der Waals surface area contributed by atoms with E-state index < -0.39 is 0 Å². The van der Waals surface area contributed by atoms with Gasteiger partial charge in [-0.05, 0) is 36.6 Å². The van der Waals surface area contributed by atoms with Crippen molar-refractivity contribution in [1.29, 1.82) is 0 Å². The maximum atomic E-state index is 12.0. The lowest BCUT2D eigenvalue weighted by atomic mass is 10.0. The maximum Gasteiger partial charge on any atom is 0.253 e. The Balaban J connectivity index is 1.97. The molecule has 4 nitrogen and oxygen atoms in total. The monoisotopic (exact) mass is 259 g/mol. The first-order valence-corrected chi connectivity index (χ1v) is 6.33. The number of nitrogens with one attached hydrogen (secondary N) is 1. The van der Waals surface area contributed by atoms with Crippen LogP contribution < -0.4 is 5.32 Å². The van der Waals surface area contributed by atoms with Gasteiger partial charge in [-0.2, -0.15) is 0 Å². The lowest BCUT2D eigenvalue weighted by molar-refractivity contribution is -0.126. The van der Waals surface area contributed by atoms with Gasteiger partial charge in [0.25, 0.3) is 5.91 Å². The van der Waals surface area contributed by atoms with Gasteiger partial charge >= 0.3 is 0 Å². The summed E-state index contributed by atoms with van der Waals surface area (Å²) in [5, 5.41) is 11.4. The predicted octanol–water partition coefficient (Wildman–Crippen LogP) is 1.39. The van der Waals surface area contributed by atoms with Gasteiger partial charge < -0.3 is 15.2 Å². The van der Waals surface area contributed by atoms with Crippen molar-refractivity contribution in [3.8, 4) is 11.8 Å². The number of hydrogen-bond donors (Lipinski definition) is 2. The zero-order chi connectivity index (χ0) is 13.7. The van der Waals surface area contributed by atoms with Crippen molar-refractivity contribution < 1.29 is 14.6 Å². The van der Waals surface area contributed by atoms with Crippen molar-refractivity contribution in [1.82, 2.24) is 0 Å². The highest BCUT2D eigenvalue weighted by molar-refractivity contribution is 5.94. The predicted molar refractivity (Wildman–Crippen MR) is 72.6 cm³/mol. The fourth-order valence-electron chi connectivity index (χ4n) is 2.02. The van der Waals surface area contributed by atoms with E-state index in [4.69, 9.17) is 9.84 Å². The van der Waals surface area contributed by atoms with Gasteiger partial charge in [0.2, 0.25) is 0 Å². The standard InChI is InChI=1S/C15H17NO3/c1-11-8-10-19-14(11)15(18)16-13-6-4-12(5-7-13)3-2-9-17/h4-7,11,14,17H,8-10H2,1H3,(H,16,18). The van der Waals surface area contributed by atoms with Crippen LogP contribution in [-0.2, 0) is 9.53 Å². The molecule has 0 saturated carbocycles. The van der Waals surface area contributed by atoms with Crippen LogP contribution in [0, 0.1) is 17.8 Å². The minimum Gasteiger partial charge on any atom is -0.384 e. The van der Waals surface area contributed by atoms with Gasteiger partial charge in [-0.3, -0.25) is 4.79 Å². The van der Waals surface area contributed by atoms with E-state index in [2.05, 4.69) is 17.2 Å². The summed E-state index contributed by atoms with van der Waals surface area (Å²) in [6.45, 7) is 2.51. The van der Waals surface area contributed by atoms with Crippen molar-refractivity contribution in [2.45, 2.75) is 19.4 Å². The molecule has 4 heteroatoms. The van der Waals surface area contributed by atoms with Crippen LogP contribution in [0.25, 0.3) is 0 Å². The quantitative estimate of drug-likeness (QED) is 0.789. The highest BCUT2D eigenvalue weighted by Gasteiger charge is 2.30. The van der Waals surface area contributed by atoms with E-state index >= 15 is 0 Å². The smallest absolute Gasteiger partial charge is 0.253 e. The third kappa shape index (κ3) is 3.57. The van der Waals surface area contributed by atoms with Crippen LogP contribution in [0.4, 0.5) is 5.69 Å². The van der Waals surface area contributed by atoms with Gasteiger partial charge in [0.15, 0.2) is 0 Å². The minimum atomic E-state index is -0.353. The Kier molecular flexibility index (Phi) is 4.56. The van der Waals surface area contributed by atoms with E-state index in [0.29, 0.717) is 6.61 Å². The molecule has 1 aromatic rings. The lowest BCUT2D eigenvalue weighted by Crippen LogP contribution is -2.31. The number of amides is 1. The van der Waals surface area contributed by atoms with Gasteiger partial charge in [-0.25, -0.2) is 0 Å². The minimum absolute atomic E-state index is 0.0980. The van der Waals surface area contributed by atoms with Crippen molar-refractivity contribution >= 4 is 11.6 Å². The summed E-state index contributed by atoms with van der Waals surface area (Å²) in [4.78, 5) is 12.0. The molecule has 1 aliphatic heterocycles. The van der Waals surface area contributed by atoms with Crippen molar-refractivity contribution in [3.63, 3.8) is 0 Å². The summed E-state index contributed by atoms with van der Waals surface area (Å²) in [5.41, 5.74) is 1.53. The Bertz CT molecular complexity index is 498. The Morgan fingerprint density at radius 2 is 2.21 bits per heavy atom. The Hall–Kier alpha value is -1.83. The number of aliphatic hydroxyl groups is 1. The van der Waals surface area contributed by atoms with Crippen LogP contribution in [0.5, 0.6) is 0 Å². The highest BCUT2D eigenvalue weighted by atomic mass is 16.5. The molecule has 2 rings (SSSR count). The number of carbonyl (C=O) groups excluding carboxylic acids is 1. The molecule has 0 spiro atoms. The second kappa shape index (κ2) is 6.37. The first-order valence-electron chi connectivity index (χ1n) is 6.33. The summed E-state index contributed by atoms with van der Waals surface area (Å²) in [6.07, 6.45) is 0.571. The molecule has 1 heterocycles. The molecule has 1 aliphatic rings. The summed E-state index contributed by atoms with van der Waals surface area (Å²) in [5.74, 6) is 5.53. The van der Waals surface area contributed by atoms with E-state index in [1.807, 2.05) is 6.92 Å². The van der Waals surface area contributed by atoms with Crippen LogP contribution in [0.3, 0.4) is 0 Å². The van der Waals surface area contributed by atoms with Crippen LogP contribution in [0.15, 0.2) is 24.3 Å². The number of benzene rings is 1. The number of hydrogen-bond acceptors (Lipinski definition) is 3. The topological polar surface area (TPSA) is 58.6 Å². The average molecular weight is 259 g/mol. The van der Waals surface area contributed by atoms with Crippen molar-refractivity contribution in [2.24, 2.45) is 5.92 Å². The third-order valence-electron chi connectivity index (χ3n) is 3.11. The van der Waals surface area contributed by atoms with Gasteiger partial charge in [-0.15, -0.1) is 0 Å². The molecule has 2 atom stereocenters. The fraction of sp³-hybridized carbons (Fsp3) is 0.400. The zero-order valence-electron chi connectivity index (χ0n) is 10.8. The third-order valence-corrected chi connectivity index (χ3v) is 3.11. The molecule has 1 fully saturated rings. The Labute approximate surface area is 112 Å². The summed E-state index contributed by atoms with van der Waals surface area (Å²) >= 11 is 0. The molecular formula is C15H17NO3. The van der Waals surface area contributed by atoms with Gasteiger partial charge in [-0.1, -0.05) is 18.8 Å². The fourth-order valence-corrected chi connectivity index (χ4v) is 2.02. The molecule has 0 bridgehead atoms. The number of rotatable bonds is 2. The zero-order valence-corrected chi connectivity index (χ0v) is 10.8. The SMILES string of the molecule is CC1CCOC1C(=O)Nc1ccc(C#CCO)cc1. The summed E-state index contributed by atoms with van der Waals surface area (Å²) in [7, 11) is 0. The second-order valence-corrected chi connectivity index (χ2v) is 4.58. The molecule has 1 saturated heterocycles. The number of anilines is 1. The van der Waals surface area contributed by atoms with Crippen LogP contribution >= 0.6 is 0 Å². The molecule has 0 aromatic heterocycles. The van der Waals surface area contributed by atoms with Gasteiger partial charge in [0.05, 0.1) is 0 Å². The normalized spacial score (nSPS) is 21.6. The van der Waals surface area contributed by atoms with E-state index in [9.17, 15) is 4.79 Å². The van der Waals surface area contributed by atoms with E-state index in [0.717, 1.165) is 17.7 Å². The molecule has 100 valence electrons. The van der Waals surface area contributed by atoms with Crippen LogP contribution in [0.1, 0.15) is 18.9 Å². The summed E-state index contributed by atoms with van der Waals surface area (Å²) < 4.78 is 5.41. The highest BCUT2D eigenvalue weighted by Crippen LogP contribution is 2.21.